The van der Waals surface area contributed by atoms with Crippen molar-refractivity contribution in [2.45, 2.75) is 39.1 Å². The lowest BCUT2D eigenvalue weighted by Gasteiger charge is -2.35. The Kier molecular flexibility index (Phi) is 3.93. The van der Waals surface area contributed by atoms with Crippen molar-refractivity contribution >= 4 is 5.91 Å². The van der Waals surface area contributed by atoms with Crippen molar-refractivity contribution in [2.75, 3.05) is 13.1 Å². The van der Waals surface area contributed by atoms with Gasteiger partial charge in [-0.05, 0) is 13.8 Å². The number of nitrogens with zero attached hydrogens (tertiary/aromatic N) is 4. The Hall–Kier alpha value is -1.47. The van der Waals surface area contributed by atoms with Crippen LogP contribution in [0.25, 0.3) is 0 Å². The molecule has 1 saturated heterocycles. The van der Waals surface area contributed by atoms with Gasteiger partial charge in [0.1, 0.15) is 6.54 Å². The average molecular weight is 253 g/mol. The summed E-state index contributed by atoms with van der Waals surface area (Å²) in [5, 5.41) is 7.72. The third kappa shape index (κ3) is 3.05. The van der Waals surface area contributed by atoms with Crippen molar-refractivity contribution in [3.63, 3.8) is 0 Å². The minimum absolute atomic E-state index is 0.0328. The first-order valence-electron chi connectivity index (χ1n) is 6.10. The molecule has 2 rings (SSSR count). The molecule has 1 aliphatic heterocycles. The van der Waals surface area contributed by atoms with Gasteiger partial charge >= 0.3 is 0 Å². The Morgan fingerprint density at radius 3 is 2.72 bits per heavy atom. The van der Waals surface area contributed by atoms with Crippen LogP contribution >= 0.6 is 0 Å². The van der Waals surface area contributed by atoms with E-state index in [1.807, 2.05) is 18.7 Å². The smallest absolute Gasteiger partial charge is 0.244 e. The van der Waals surface area contributed by atoms with Crippen molar-refractivity contribution in [1.29, 1.82) is 0 Å². The number of carbonyl (C=O) groups is 1. The predicted octanol–water partition coefficient (Wildman–Crippen LogP) is -0.627. The maximum Gasteiger partial charge on any atom is 0.244 e. The molecule has 2 heterocycles. The van der Waals surface area contributed by atoms with E-state index in [2.05, 4.69) is 10.3 Å². The lowest BCUT2D eigenvalue weighted by Crippen LogP contribution is -2.49. The Morgan fingerprint density at radius 1 is 1.50 bits per heavy atom. The van der Waals surface area contributed by atoms with E-state index >= 15 is 0 Å². The molecule has 0 aliphatic carbocycles. The fraction of sp³-hybridized carbons (Fsp3) is 0.727. The summed E-state index contributed by atoms with van der Waals surface area (Å²) in [7, 11) is 0. The first-order chi connectivity index (χ1) is 8.58. The van der Waals surface area contributed by atoms with Crippen LogP contribution in [0.15, 0.2) is 6.20 Å². The number of hydrogen-bond acceptors (Lipinski definition) is 5. The first kappa shape index (κ1) is 13.0. The lowest BCUT2D eigenvalue weighted by atomic mass is 10.2. The normalized spacial score (nSPS) is 24.3. The van der Waals surface area contributed by atoms with Crippen LogP contribution in [0, 0.1) is 0 Å². The van der Waals surface area contributed by atoms with Crippen LogP contribution in [-0.4, -0.2) is 51.1 Å². The van der Waals surface area contributed by atoms with Gasteiger partial charge in [0.25, 0.3) is 0 Å². The Balaban J connectivity index is 1.94. The van der Waals surface area contributed by atoms with Crippen molar-refractivity contribution in [2.24, 2.45) is 5.73 Å². The maximum absolute atomic E-state index is 12.1. The molecule has 100 valence electrons. The minimum Gasteiger partial charge on any atom is -0.372 e. The highest BCUT2D eigenvalue weighted by molar-refractivity contribution is 5.76. The highest BCUT2D eigenvalue weighted by Gasteiger charge is 2.25. The lowest BCUT2D eigenvalue weighted by molar-refractivity contribution is -0.144. The molecule has 18 heavy (non-hydrogen) atoms. The number of nitrogens with two attached hydrogens (primary N) is 1. The van der Waals surface area contributed by atoms with Crippen molar-refractivity contribution in [3.8, 4) is 0 Å². The molecule has 2 unspecified atom stereocenters. The van der Waals surface area contributed by atoms with Gasteiger partial charge < -0.3 is 15.4 Å². The SMILES string of the molecule is CC1CN(C(=O)Cn2cc(CN)nn2)CC(C)O1. The fourth-order valence-electron chi connectivity index (χ4n) is 2.13. The molecule has 0 spiro atoms. The van der Waals surface area contributed by atoms with Gasteiger partial charge in [0, 0.05) is 19.6 Å². The highest BCUT2D eigenvalue weighted by atomic mass is 16.5. The largest absolute Gasteiger partial charge is 0.372 e. The second kappa shape index (κ2) is 5.45. The second-order valence-electron chi connectivity index (χ2n) is 4.67. The van der Waals surface area contributed by atoms with Gasteiger partial charge in [-0.2, -0.15) is 0 Å². The van der Waals surface area contributed by atoms with E-state index in [1.54, 1.807) is 6.20 Å². The molecule has 1 aromatic rings. The van der Waals surface area contributed by atoms with E-state index in [4.69, 9.17) is 10.5 Å². The third-order valence-electron chi connectivity index (χ3n) is 2.86. The van der Waals surface area contributed by atoms with Crippen LogP contribution in [0.1, 0.15) is 19.5 Å². The van der Waals surface area contributed by atoms with Crippen LogP contribution in [0.3, 0.4) is 0 Å². The topological polar surface area (TPSA) is 86.3 Å². The number of ether oxygens (including phenoxy) is 1. The molecule has 1 amide bonds. The summed E-state index contributed by atoms with van der Waals surface area (Å²) in [6.07, 6.45) is 1.85. The summed E-state index contributed by atoms with van der Waals surface area (Å²) in [6, 6.07) is 0. The standard InChI is InChI=1S/C11H19N5O2/c1-8-4-15(5-9(2)18-8)11(17)7-16-6-10(3-12)13-14-16/h6,8-9H,3-5,7,12H2,1-2H3. The molecule has 2 N–H and O–H groups in total. The zero-order valence-electron chi connectivity index (χ0n) is 10.7. The summed E-state index contributed by atoms with van der Waals surface area (Å²) in [5.74, 6) is 0.0328. The Bertz CT molecular complexity index is 409. The molecular formula is C11H19N5O2. The number of carbonyl (C=O) groups excluding carboxylic acids is 1. The van der Waals surface area contributed by atoms with Crippen LogP contribution in [0.4, 0.5) is 0 Å². The summed E-state index contributed by atoms with van der Waals surface area (Å²) in [4.78, 5) is 13.9. The molecule has 7 nitrogen and oxygen atoms in total. The molecular weight excluding hydrogens is 234 g/mol. The molecule has 0 saturated carbocycles. The quantitative estimate of drug-likeness (QED) is 0.775. The van der Waals surface area contributed by atoms with E-state index in [-0.39, 0.29) is 24.7 Å². The molecule has 2 atom stereocenters. The van der Waals surface area contributed by atoms with E-state index in [9.17, 15) is 4.79 Å². The van der Waals surface area contributed by atoms with Crippen LogP contribution in [0.2, 0.25) is 0 Å². The first-order valence-corrected chi connectivity index (χ1v) is 6.10. The van der Waals surface area contributed by atoms with Gasteiger partial charge in [-0.25, -0.2) is 4.68 Å². The second-order valence-corrected chi connectivity index (χ2v) is 4.67. The predicted molar refractivity (Wildman–Crippen MR) is 64.5 cm³/mol. The summed E-state index contributed by atoms with van der Waals surface area (Å²) < 4.78 is 7.12. The summed E-state index contributed by atoms with van der Waals surface area (Å²) in [5.41, 5.74) is 6.13. The number of rotatable bonds is 3. The van der Waals surface area contributed by atoms with Crippen LogP contribution in [-0.2, 0) is 22.6 Å². The molecule has 7 heteroatoms. The van der Waals surface area contributed by atoms with E-state index < -0.39 is 0 Å². The van der Waals surface area contributed by atoms with Crippen LogP contribution in [0.5, 0.6) is 0 Å². The summed E-state index contributed by atoms with van der Waals surface area (Å²) >= 11 is 0. The number of amides is 1. The van der Waals surface area contributed by atoms with E-state index in [0.717, 1.165) is 0 Å². The van der Waals surface area contributed by atoms with Gasteiger partial charge in [-0.3, -0.25) is 4.79 Å². The fourth-order valence-corrected chi connectivity index (χ4v) is 2.13. The monoisotopic (exact) mass is 253 g/mol. The van der Waals surface area contributed by atoms with Crippen molar-refractivity contribution < 1.29 is 9.53 Å². The van der Waals surface area contributed by atoms with Crippen LogP contribution < -0.4 is 5.73 Å². The number of hydrogen-bond donors (Lipinski definition) is 1. The average Bonchev–Trinajstić information content (AvgIpc) is 2.75. The summed E-state index contributed by atoms with van der Waals surface area (Å²) in [6.45, 7) is 5.73. The van der Waals surface area contributed by atoms with Crippen molar-refractivity contribution in [3.05, 3.63) is 11.9 Å². The zero-order valence-corrected chi connectivity index (χ0v) is 10.7. The zero-order chi connectivity index (χ0) is 13.1. The van der Waals surface area contributed by atoms with E-state index in [0.29, 0.717) is 25.3 Å². The van der Waals surface area contributed by atoms with Gasteiger partial charge in [0.15, 0.2) is 0 Å². The molecule has 0 radical (unpaired) electrons. The number of aromatic nitrogens is 3. The Morgan fingerprint density at radius 2 is 2.17 bits per heavy atom. The molecule has 0 aromatic carbocycles. The molecule has 1 aliphatic rings. The van der Waals surface area contributed by atoms with E-state index in [1.165, 1.54) is 4.68 Å². The number of morpholine rings is 1. The molecule has 1 aromatic heterocycles. The maximum atomic E-state index is 12.1. The minimum atomic E-state index is 0.0328. The Labute approximate surface area is 106 Å². The third-order valence-corrected chi connectivity index (χ3v) is 2.86. The molecule has 0 bridgehead atoms. The van der Waals surface area contributed by atoms with Gasteiger partial charge in [0.05, 0.1) is 24.1 Å². The van der Waals surface area contributed by atoms with Gasteiger partial charge in [-0.15, -0.1) is 5.10 Å². The van der Waals surface area contributed by atoms with Crippen molar-refractivity contribution in [1.82, 2.24) is 19.9 Å². The molecule has 1 fully saturated rings. The van der Waals surface area contributed by atoms with Gasteiger partial charge in [0.2, 0.25) is 5.91 Å². The van der Waals surface area contributed by atoms with Gasteiger partial charge in [-0.1, -0.05) is 5.21 Å². The highest BCUT2D eigenvalue weighted by Crippen LogP contribution is 2.11.